The molecule has 0 radical (unpaired) electrons. The summed E-state index contributed by atoms with van der Waals surface area (Å²) in [6.45, 7) is 4.19. The molecule has 0 aromatic heterocycles. The van der Waals surface area contributed by atoms with E-state index in [1.54, 1.807) is 0 Å². The summed E-state index contributed by atoms with van der Waals surface area (Å²) in [5, 5.41) is 0. The molecule has 88 valence electrons. The molecule has 1 aliphatic heterocycles. The van der Waals surface area contributed by atoms with Crippen molar-refractivity contribution < 1.29 is 8.95 Å². The molecule has 1 aliphatic rings. The molecule has 16 heavy (non-hydrogen) atoms. The molecule has 3 heteroatoms. The van der Waals surface area contributed by atoms with Gasteiger partial charge in [-0.3, -0.25) is 4.21 Å². The van der Waals surface area contributed by atoms with Crippen LogP contribution < -0.4 is 0 Å². The fraction of sp³-hybridized carbons (Fsp3) is 0.538. The highest BCUT2D eigenvalue weighted by molar-refractivity contribution is 7.85. The SMILES string of the molecule is CCCC[C@@H]1O[C@@H]1[S@@](=O)c1ccc(C)cc1. The van der Waals surface area contributed by atoms with Crippen LogP contribution in [0.25, 0.3) is 0 Å². The number of benzene rings is 1. The second kappa shape index (κ2) is 5.11. The molecular weight excluding hydrogens is 220 g/mol. The van der Waals surface area contributed by atoms with E-state index in [1.807, 2.05) is 31.2 Å². The molecule has 1 aromatic rings. The Morgan fingerprint density at radius 3 is 2.62 bits per heavy atom. The number of rotatable bonds is 5. The number of aryl methyl sites for hydroxylation is 1. The zero-order chi connectivity index (χ0) is 11.5. The van der Waals surface area contributed by atoms with Crippen LogP contribution in [-0.2, 0) is 15.5 Å². The van der Waals surface area contributed by atoms with Crippen LogP contribution in [0.1, 0.15) is 31.7 Å². The Bertz CT molecular complexity index is 372. The molecule has 1 saturated heterocycles. The molecule has 0 bridgehead atoms. The van der Waals surface area contributed by atoms with E-state index in [-0.39, 0.29) is 11.5 Å². The molecule has 3 atom stereocenters. The van der Waals surface area contributed by atoms with Gasteiger partial charge in [-0.2, -0.15) is 0 Å². The molecule has 0 aliphatic carbocycles. The highest BCUT2D eigenvalue weighted by Crippen LogP contribution is 2.33. The summed E-state index contributed by atoms with van der Waals surface area (Å²) >= 11 is 0. The van der Waals surface area contributed by atoms with Crippen LogP contribution in [0.15, 0.2) is 29.2 Å². The van der Waals surface area contributed by atoms with Gasteiger partial charge in [0.15, 0.2) is 5.44 Å². The first-order chi connectivity index (χ1) is 7.72. The number of unbranched alkanes of at least 4 members (excludes halogenated alkanes) is 1. The Hall–Kier alpha value is -0.670. The average molecular weight is 238 g/mol. The van der Waals surface area contributed by atoms with Crippen LogP contribution in [0.5, 0.6) is 0 Å². The van der Waals surface area contributed by atoms with E-state index in [2.05, 4.69) is 6.92 Å². The van der Waals surface area contributed by atoms with Gasteiger partial charge in [-0.15, -0.1) is 0 Å². The van der Waals surface area contributed by atoms with Gasteiger partial charge >= 0.3 is 0 Å². The summed E-state index contributed by atoms with van der Waals surface area (Å²) in [6, 6.07) is 7.86. The minimum atomic E-state index is -0.988. The summed E-state index contributed by atoms with van der Waals surface area (Å²) in [5.41, 5.74) is 1.13. The normalized spacial score (nSPS) is 25.4. The molecule has 2 nitrogen and oxygen atoms in total. The highest BCUT2D eigenvalue weighted by Gasteiger charge is 2.43. The van der Waals surface area contributed by atoms with Gasteiger partial charge in [-0.05, 0) is 25.5 Å². The maximum absolute atomic E-state index is 12.1. The molecule has 1 fully saturated rings. The van der Waals surface area contributed by atoms with Crippen LogP contribution >= 0.6 is 0 Å². The molecule has 0 N–H and O–H groups in total. The average Bonchev–Trinajstić information content (AvgIpc) is 3.06. The minimum Gasteiger partial charge on any atom is -0.355 e. The Morgan fingerprint density at radius 2 is 2.00 bits per heavy atom. The lowest BCUT2D eigenvalue weighted by molar-refractivity contribution is 0.382. The topological polar surface area (TPSA) is 29.6 Å². The first-order valence-electron chi connectivity index (χ1n) is 5.85. The lowest BCUT2D eigenvalue weighted by atomic mass is 10.2. The lowest BCUT2D eigenvalue weighted by Crippen LogP contribution is -2.03. The zero-order valence-electron chi connectivity index (χ0n) is 9.81. The number of hydrogen-bond acceptors (Lipinski definition) is 2. The molecule has 2 rings (SSSR count). The Balaban J connectivity index is 1.92. The van der Waals surface area contributed by atoms with Gasteiger partial charge in [0.2, 0.25) is 0 Å². The highest BCUT2D eigenvalue weighted by atomic mass is 32.2. The molecular formula is C13H18O2S. The van der Waals surface area contributed by atoms with E-state index in [0.717, 1.165) is 17.7 Å². The van der Waals surface area contributed by atoms with Crippen LogP contribution in [0.4, 0.5) is 0 Å². The van der Waals surface area contributed by atoms with Crippen LogP contribution in [0.2, 0.25) is 0 Å². The third kappa shape index (κ3) is 2.71. The maximum atomic E-state index is 12.1. The van der Waals surface area contributed by atoms with Crippen LogP contribution in [0, 0.1) is 6.92 Å². The van der Waals surface area contributed by atoms with Crippen molar-refractivity contribution in [1.82, 2.24) is 0 Å². The van der Waals surface area contributed by atoms with Gasteiger partial charge in [0.1, 0.15) is 0 Å². The summed E-state index contributed by atoms with van der Waals surface area (Å²) in [7, 11) is -0.988. The first-order valence-corrected chi connectivity index (χ1v) is 7.06. The van der Waals surface area contributed by atoms with Crippen molar-refractivity contribution in [3.05, 3.63) is 29.8 Å². The van der Waals surface area contributed by atoms with Crippen molar-refractivity contribution in [2.45, 2.75) is 49.5 Å². The number of epoxide rings is 1. The Labute approximate surface area is 99.5 Å². The van der Waals surface area contributed by atoms with Gasteiger partial charge in [-0.25, -0.2) is 0 Å². The van der Waals surface area contributed by atoms with Crippen molar-refractivity contribution in [3.8, 4) is 0 Å². The van der Waals surface area contributed by atoms with E-state index in [9.17, 15) is 4.21 Å². The van der Waals surface area contributed by atoms with E-state index in [0.29, 0.717) is 0 Å². The first kappa shape index (κ1) is 11.8. The van der Waals surface area contributed by atoms with Crippen molar-refractivity contribution in [2.24, 2.45) is 0 Å². The summed E-state index contributed by atoms with van der Waals surface area (Å²) < 4.78 is 17.5. The van der Waals surface area contributed by atoms with Crippen molar-refractivity contribution in [2.75, 3.05) is 0 Å². The third-order valence-corrected chi connectivity index (χ3v) is 4.42. The molecule has 0 saturated carbocycles. The summed E-state index contributed by atoms with van der Waals surface area (Å²) in [6.07, 6.45) is 3.59. The van der Waals surface area contributed by atoms with Crippen LogP contribution in [0.3, 0.4) is 0 Å². The predicted molar refractivity (Wildman–Crippen MR) is 65.8 cm³/mol. The van der Waals surface area contributed by atoms with Crippen molar-refractivity contribution in [3.63, 3.8) is 0 Å². The van der Waals surface area contributed by atoms with Gasteiger partial charge < -0.3 is 4.74 Å². The summed E-state index contributed by atoms with van der Waals surface area (Å²) in [5.74, 6) is 0. The van der Waals surface area contributed by atoms with E-state index in [1.165, 1.54) is 12.0 Å². The zero-order valence-corrected chi connectivity index (χ0v) is 10.6. The Morgan fingerprint density at radius 1 is 1.31 bits per heavy atom. The monoisotopic (exact) mass is 238 g/mol. The maximum Gasteiger partial charge on any atom is 0.163 e. The minimum absolute atomic E-state index is 0.0609. The molecule has 1 aromatic carbocycles. The van der Waals surface area contributed by atoms with Crippen molar-refractivity contribution >= 4 is 10.8 Å². The number of hydrogen-bond donors (Lipinski definition) is 0. The lowest BCUT2D eigenvalue weighted by Gasteiger charge is -1.99. The van der Waals surface area contributed by atoms with E-state index < -0.39 is 10.8 Å². The Kier molecular flexibility index (Phi) is 3.77. The van der Waals surface area contributed by atoms with Gasteiger partial charge in [0.05, 0.1) is 16.9 Å². The third-order valence-electron chi connectivity index (χ3n) is 2.84. The molecule has 0 amide bonds. The fourth-order valence-corrected chi connectivity index (χ4v) is 3.06. The quantitative estimate of drug-likeness (QED) is 0.738. The van der Waals surface area contributed by atoms with Gasteiger partial charge in [0, 0.05) is 4.90 Å². The number of ether oxygens (including phenoxy) is 1. The fourth-order valence-electron chi connectivity index (χ4n) is 1.73. The largest absolute Gasteiger partial charge is 0.355 e. The second-order valence-electron chi connectivity index (χ2n) is 4.30. The van der Waals surface area contributed by atoms with Gasteiger partial charge in [0.25, 0.3) is 0 Å². The second-order valence-corrected chi connectivity index (χ2v) is 5.83. The van der Waals surface area contributed by atoms with Crippen LogP contribution in [-0.4, -0.2) is 15.7 Å². The van der Waals surface area contributed by atoms with Crippen molar-refractivity contribution in [1.29, 1.82) is 0 Å². The molecule has 0 spiro atoms. The predicted octanol–water partition coefficient (Wildman–Crippen LogP) is 3.02. The standard InChI is InChI=1S/C13H18O2S/c1-3-4-5-12-13(15-12)16(14)11-8-6-10(2)7-9-11/h6-9,12-13H,3-5H2,1-2H3/t12-,13+,16-/m0/s1. The smallest absolute Gasteiger partial charge is 0.163 e. The van der Waals surface area contributed by atoms with E-state index >= 15 is 0 Å². The molecule has 1 heterocycles. The van der Waals surface area contributed by atoms with Gasteiger partial charge in [-0.1, -0.05) is 37.5 Å². The molecule has 0 unspecified atom stereocenters. The summed E-state index contributed by atoms with van der Waals surface area (Å²) in [4.78, 5) is 0.884. The van der Waals surface area contributed by atoms with E-state index in [4.69, 9.17) is 4.74 Å².